The monoisotopic (exact) mass is 628 g/mol. The number of carbonyl (C=O) groups excluding carboxylic acids is 3. The van der Waals surface area contributed by atoms with Gasteiger partial charge < -0.3 is 33.6 Å². The fraction of sp³-hybridized carbons (Fsp3) is 0.656. The van der Waals surface area contributed by atoms with Crippen molar-refractivity contribution in [3.8, 4) is 5.69 Å². The maximum atomic E-state index is 14.5. The lowest BCUT2D eigenvalue weighted by Gasteiger charge is -2.44. The van der Waals surface area contributed by atoms with Gasteiger partial charge in [-0.05, 0) is 45.2 Å². The largest absolute Gasteiger partial charge is 0.444 e. The van der Waals surface area contributed by atoms with Crippen LogP contribution in [-0.2, 0) is 30.3 Å². The van der Waals surface area contributed by atoms with Gasteiger partial charge in [0.25, 0.3) is 5.91 Å². The first-order chi connectivity index (χ1) is 21.5. The molecule has 0 saturated carbocycles. The quantitative estimate of drug-likeness (QED) is 0.345. The van der Waals surface area contributed by atoms with Crippen LogP contribution < -0.4 is 0 Å². The number of methoxy groups -OCH3 is 1. The van der Waals surface area contributed by atoms with Gasteiger partial charge in [0.1, 0.15) is 11.3 Å². The van der Waals surface area contributed by atoms with Crippen molar-refractivity contribution in [2.45, 2.75) is 59.3 Å². The molecule has 13 heteroatoms. The number of hydrogen-bond donors (Lipinski definition) is 0. The molecule has 0 bridgehead atoms. The van der Waals surface area contributed by atoms with Crippen molar-refractivity contribution in [2.24, 2.45) is 11.8 Å². The van der Waals surface area contributed by atoms with Gasteiger partial charge in [-0.3, -0.25) is 9.59 Å². The molecule has 0 N–H and O–H groups in total. The summed E-state index contributed by atoms with van der Waals surface area (Å²) in [4.78, 5) is 46.7. The molecular weight excluding hydrogens is 580 g/mol. The Morgan fingerprint density at radius 1 is 1.04 bits per heavy atom. The highest BCUT2D eigenvalue weighted by atomic mass is 16.6. The van der Waals surface area contributed by atoms with Crippen molar-refractivity contribution in [1.82, 2.24) is 29.7 Å². The predicted molar refractivity (Wildman–Crippen MR) is 166 cm³/mol. The van der Waals surface area contributed by atoms with Crippen LogP contribution in [0.5, 0.6) is 0 Å². The van der Waals surface area contributed by atoms with Gasteiger partial charge in [-0.25, -0.2) is 9.48 Å². The zero-order valence-corrected chi connectivity index (χ0v) is 27.4. The fourth-order valence-corrected chi connectivity index (χ4v) is 5.61. The number of benzene rings is 1. The highest BCUT2D eigenvalue weighted by molar-refractivity contribution is 5.94. The van der Waals surface area contributed by atoms with E-state index in [1.807, 2.05) is 65.0 Å². The standard InChI is InChI=1S/C32H48N6O7/c1-23(2)19-37(30(40)28-27(22-44-17-16-42-6)38(34-33-28)25-10-8-7-9-11-25)26-18-24(29(39)35-12-14-43-15-13-35)20-36(21-26)31(41)45-32(3,4)5/h7-11,23-24,26H,12-22H2,1-6H3/t24-,26+/m1/s1. The Kier molecular flexibility index (Phi) is 11.9. The smallest absolute Gasteiger partial charge is 0.410 e. The van der Waals surface area contributed by atoms with E-state index in [-0.39, 0.29) is 43.1 Å². The molecule has 2 aliphatic rings. The number of morpholine rings is 1. The van der Waals surface area contributed by atoms with E-state index in [4.69, 9.17) is 18.9 Å². The summed E-state index contributed by atoms with van der Waals surface area (Å²) in [5, 5.41) is 8.71. The minimum atomic E-state index is -0.713. The Morgan fingerprint density at radius 3 is 2.40 bits per heavy atom. The van der Waals surface area contributed by atoms with Crippen LogP contribution in [0.2, 0.25) is 0 Å². The minimum absolute atomic E-state index is 0.0456. The van der Waals surface area contributed by atoms with Gasteiger partial charge in [0.15, 0.2) is 5.69 Å². The van der Waals surface area contributed by atoms with E-state index in [0.29, 0.717) is 58.2 Å². The Hall–Kier alpha value is -3.55. The second-order valence-electron chi connectivity index (χ2n) is 12.9. The summed E-state index contributed by atoms with van der Waals surface area (Å²) in [6, 6.07) is 8.99. The molecule has 1 aromatic heterocycles. The van der Waals surface area contributed by atoms with Crippen molar-refractivity contribution >= 4 is 17.9 Å². The van der Waals surface area contributed by atoms with Crippen molar-refractivity contribution in [2.75, 3.05) is 66.3 Å². The molecule has 0 aliphatic carbocycles. The average Bonchev–Trinajstić information content (AvgIpc) is 3.45. The second kappa shape index (κ2) is 15.6. The van der Waals surface area contributed by atoms with Crippen LogP contribution in [-0.4, -0.2) is 126 Å². The SMILES string of the molecule is COCCOCc1c(C(=O)N(CC(C)C)[C@H]2C[C@@H](C(=O)N3CCOCC3)CN(C(=O)OC(C)(C)C)C2)nnn1-c1ccccc1. The number of nitrogens with zero attached hydrogens (tertiary/aromatic N) is 6. The van der Waals surface area contributed by atoms with Gasteiger partial charge >= 0.3 is 6.09 Å². The number of likely N-dealkylation sites (tertiary alicyclic amines) is 1. The third kappa shape index (κ3) is 9.24. The number of aromatic nitrogens is 3. The summed E-state index contributed by atoms with van der Waals surface area (Å²) in [7, 11) is 1.60. The summed E-state index contributed by atoms with van der Waals surface area (Å²) in [6.07, 6.45) is -0.105. The molecule has 45 heavy (non-hydrogen) atoms. The molecule has 3 amide bonds. The zero-order valence-electron chi connectivity index (χ0n) is 27.4. The van der Waals surface area contributed by atoms with E-state index in [2.05, 4.69) is 10.3 Å². The third-order valence-electron chi connectivity index (χ3n) is 7.65. The predicted octanol–water partition coefficient (Wildman–Crippen LogP) is 3.01. The number of hydrogen-bond acceptors (Lipinski definition) is 9. The van der Waals surface area contributed by atoms with Crippen molar-refractivity contribution < 1.29 is 33.3 Å². The Labute approximate surface area is 265 Å². The number of rotatable bonds is 11. The molecule has 2 fully saturated rings. The van der Waals surface area contributed by atoms with Crippen LogP contribution in [0.15, 0.2) is 30.3 Å². The second-order valence-corrected chi connectivity index (χ2v) is 12.9. The molecule has 13 nitrogen and oxygen atoms in total. The average molecular weight is 629 g/mol. The van der Waals surface area contributed by atoms with Gasteiger partial charge in [-0.2, -0.15) is 0 Å². The number of carbonyl (C=O) groups is 3. The molecule has 0 unspecified atom stereocenters. The summed E-state index contributed by atoms with van der Waals surface area (Å²) < 4.78 is 23.8. The maximum Gasteiger partial charge on any atom is 0.410 e. The number of amides is 3. The van der Waals surface area contributed by atoms with E-state index in [1.54, 1.807) is 26.5 Å². The van der Waals surface area contributed by atoms with Gasteiger partial charge in [0.2, 0.25) is 5.91 Å². The molecule has 3 heterocycles. The van der Waals surface area contributed by atoms with Crippen molar-refractivity contribution in [3.05, 3.63) is 41.7 Å². The number of piperidine rings is 1. The van der Waals surface area contributed by atoms with Crippen LogP contribution in [0, 0.1) is 11.8 Å². The molecular formula is C32H48N6O7. The molecule has 0 spiro atoms. The van der Waals surface area contributed by atoms with Gasteiger partial charge in [-0.15, -0.1) is 5.10 Å². The van der Waals surface area contributed by atoms with Crippen LogP contribution in [0.3, 0.4) is 0 Å². The lowest BCUT2D eigenvalue weighted by atomic mass is 9.91. The molecule has 4 rings (SSSR count). The van der Waals surface area contributed by atoms with Crippen LogP contribution in [0.4, 0.5) is 4.79 Å². The Bertz CT molecular complexity index is 1270. The topological polar surface area (TPSA) is 129 Å². The number of ether oxygens (including phenoxy) is 4. The summed E-state index contributed by atoms with van der Waals surface area (Å²) in [5.41, 5.74) is 0.711. The molecule has 2 aromatic rings. The van der Waals surface area contributed by atoms with Gasteiger partial charge in [0.05, 0.1) is 50.7 Å². The first kappa shape index (κ1) is 34.3. The normalized spacial score (nSPS) is 19.1. The van der Waals surface area contributed by atoms with E-state index in [9.17, 15) is 14.4 Å². The van der Waals surface area contributed by atoms with Crippen molar-refractivity contribution in [1.29, 1.82) is 0 Å². The minimum Gasteiger partial charge on any atom is -0.444 e. The summed E-state index contributed by atoms with van der Waals surface area (Å²) in [5.74, 6) is -0.779. The van der Waals surface area contributed by atoms with E-state index in [1.165, 1.54) is 0 Å². The molecule has 248 valence electrons. The summed E-state index contributed by atoms with van der Waals surface area (Å²) in [6.45, 7) is 13.1. The highest BCUT2D eigenvalue weighted by Crippen LogP contribution is 2.28. The van der Waals surface area contributed by atoms with E-state index < -0.39 is 23.7 Å². The molecule has 2 atom stereocenters. The van der Waals surface area contributed by atoms with Crippen LogP contribution in [0.25, 0.3) is 5.69 Å². The molecule has 1 aromatic carbocycles. The first-order valence-electron chi connectivity index (χ1n) is 15.7. The zero-order chi connectivity index (χ0) is 32.6. The van der Waals surface area contributed by atoms with Gasteiger partial charge in [-0.1, -0.05) is 37.3 Å². The molecule has 2 aliphatic heterocycles. The highest BCUT2D eigenvalue weighted by Gasteiger charge is 2.42. The fourth-order valence-electron chi connectivity index (χ4n) is 5.61. The maximum absolute atomic E-state index is 14.5. The lowest BCUT2D eigenvalue weighted by Crippen LogP contribution is -2.58. The van der Waals surface area contributed by atoms with Crippen LogP contribution >= 0.6 is 0 Å². The Balaban J connectivity index is 1.68. The van der Waals surface area contributed by atoms with E-state index in [0.717, 1.165) is 5.69 Å². The lowest BCUT2D eigenvalue weighted by molar-refractivity contribution is -0.142. The first-order valence-corrected chi connectivity index (χ1v) is 15.7. The number of para-hydroxylation sites is 1. The molecule has 2 saturated heterocycles. The van der Waals surface area contributed by atoms with Crippen LogP contribution in [0.1, 0.15) is 57.2 Å². The van der Waals surface area contributed by atoms with E-state index >= 15 is 0 Å². The van der Waals surface area contributed by atoms with Crippen molar-refractivity contribution in [3.63, 3.8) is 0 Å². The molecule has 0 radical (unpaired) electrons. The van der Waals surface area contributed by atoms with Gasteiger partial charge in [0, 0.05) is 39.8 Å². The summed E-state index contributed by atoms with van der Waals surface area (Å²) >= 11 is 0. The Morgan fingerprint density at radius 2 is 1.76 bits per heavy atom. The third-order valence-corrected chi connectivity index (χ3v) is 7.65.